The van der Waals surface area contributed by atoms with Gasteiger partial charge in [-0.05, 0) is 36.2 Å². The summed E-state index contributed by atoms with van der Waals surface area (Å²) in [6.07, 6.45) is 2.19. The summed E-state index contributed by atoms with van der Waals surface area (Å²) in [5, 5.41) is 6.35. The number of nitrogens with one attached hydrogen (secondary N) is 2. The van der Waals surface area contributed by atoms with Crippen LogP contribution in [0, 0.1) is 12.7 Å². The highest BCUT2D eigenvalue weighted by Crippen LogP contribution is 2.13. The molecule has 0 unspecified atom stereocenters. The maximum absolute atomic E-state index is 13.4. The van der Waals surface area contributed by atoms with E-state index in [9.17, 15) is 9.18 Å². The fourth-order valence-corrected chi connectivity index (χ4v) is 3.39. The number of aryl methyl sites for hydroxylation is 1. The molecule has 0 atom stereocenters. The lowest BCUT2D eigenvalue weighted by molar-refractivity contribution is -0.131. The van der Waals surface area contributed by atoms with Gasteiger partial charge in [0, 0.05) is 58.9 Å². The Morgan fingerprint density at radius 2 is 1.94 bits per heavy atom. The highest BCUT2D eigenvalue weighted by Gasteiger charge is 2.21. The number of carbonyl (C=O) groups excluding carboxylic acids is 1. The van der Waals surface area contributed by atoms with Gasteiger partial charge in [0.2, 0.25) is 5.91 Å². The van der Waals surface area contributed by atoms with Crippen molar-refractivity contribution in [3.63, 3.8) is 0 Å². The van der Waals surface area contributed by atoms with Gasteiger partial charge in [-0.1, -0.05) is 18.2 Å². The molecule has 1 aliphatic heterocycles. The van der Waals surface area contributed by atoms with Gasteiger partial charge in [-0.2, -0.15) is 0 Å². The summed E-state index contributed by atoms with van der Waals surface area (Å²) in [7, 11) is 1.68. The highest BCUT2D eigenvalue weighted by molar-refractivity contribution is 14.0. The van der Waals surface area contributed by atoms with Crippen molar-refractivity contribution in [3.05, 3.63) is 59.5 Å². The van der Waals surface area contributed by atoms with E-state index >= 15 is 0 Å². The molecule has 9 heteroatoms. The second-order valence-corrected chi connectivity index (χ2v) is 7.24. The molecular weight excluding hydrogens is 510 g/mol. The zero-order chi connectivity index (χ0) is 21.3. The van der Waals surface area contributed by atoms with Crippen molar-refractivity contribution < 1.29 is 9.18 Å². The summed E-state index contributed by atoms with van der Waals surface area (Å²) in [6, 6.07) is 10.9. The minimum absolute atomic E-state index is 0. The van der Waals surface area contributed by atoms with Crippen LogP contribution in [-0.2, 0) is 11.3 Å². The quantitative estimate of drug-likeness (QED) is 0.335. The monoisotopic (exact) mass is 540 g/mol. The summed E-state index contributed by atoms with van der Waals surface area (Å²) in [5.74, 6) is 1.50. The molecular formula is C22H30FIN6O. The zero-order valence-electron chi connectivity index (χ0n) is 18.0. The molecule has 2 heterocycles. The fourth-order valence-electron chi connectivity index (χ4n) is 3.39. The fraction of sp³-hybridized carbons (Fsp3) is 0.409. The third kappa shape index (κ3) is 7.34. The van der Waals surface area contributed by atoms with E-state index in [1.165, 1.54) is 6.07 Å². The van der Waals surface area contributed by atoms with Gasteiger partial charge in [0.25, 0.3) is 0 Å². The Balaban J connectivity index is 0.00000341. The molecule has 1 saturated heterocycles. The Morgan fingerprint density at radius 1 is 1.16 bits per heavy atom. The molecule has 0 aliphatic carbocycles. The zero-order valence-corrected chi connectivity index (χ0v) is 20.3. The summed E-state index contributed by atoms with van der Waals surface area (Å²) in [5.41, 5.74) is 1.59. The first-order chi connectivity index (χ1) is 14.6. The molecule has 1 fully saturated rings. The summed E-state index contributed by atoms with van der Waals surface area (Å²) < 4.78 is 13.4. The number of piperazine rings is 1. The molecule has 0 bridgehead atoms. The Hall–Kier alpha value is -2.43. The van der Waals surface area contributed by atoms with E-state index < -0.39 is 0 Å². The SMILES string of the molecule is CN=C(NCCC(=O)N1CCN(c2ccccn2)CC1)NCc1ccc(F)c(C)c1.I. The second kappa shape index (κ2) is 12.4. The molecule has 1 aliphatic rings. The minimum Gasteiger partial charge on any atom is -0.356 e. The Kier molecular flexibility index (Phi) is 9.96. The maximum atomic E-state index is 13.4. The number of halogens is 2. The Morgan fingerprint density at radius 3 is 2.58 bits per heavy atom. The van der Waals surface area contributed by atoms with Crippen molar-refractivity contribution in [2.24, 2.45) is 4.99 Å². The third-order valence-electron chi connectivity index (χ3n) is 5.14. The van der Waals surface area contributed by atoms with E-state index in [4.69, 9.17) is 0 Å². The number of aliphatic imine (C=N–C) groups is 1. The average Bonchev–Trinajstić information content (AvgIpc) is 2.79. The number of aromatic nitrogens is 1. The van der Waals surface area contributed by atoms with Crippen molar-refractivity contribution in [2.75, 3.05) is 44.7 Å². The van der Waals surface area contributed by atoms with Gasteiger partial charge in [-0.25, -0.2) is 9.37 Å². The molecule has 0 spiro atoms. The summed E-state index contributed by atoms with van der Waals surface area (Å²) in [6.45, 7) is 5.75. The first-order valence-electron chi connectivity index (χ1n) is 10.2. The molecule has 0 saturated carbocycles. The van der Waals surface area contributed by atoms with Gasteiger partial charge < -0.3 is 20.4 Å². The molecule has 168 valence electrons. The lowest BCUT2D eigenvalue weighted by Gasteiger charge is -2.35. The number of rotatable bonds is 6. The van der Waals surface area contributed by atoms with Crippen LogP contribution in [0.3, 0.4) is 0 Å². The largest absolute Gasteiger partial charge is 0.356 e. The first kappa shape index (κ1) is 24.8. The topological polar surface area (TPSA) is 72.9 Å². The van der Waals surface area contributed by atoms with Gasteiger partial charge in [-0.15, -0.1) is 24.0 Å². The number of amides is 1. The van der Waals surface area contributed by atoms with Gasteiger partial charge in [0.1, 0.15) is 11.6 Å². The van der Waals surface area contributed by atoms with Gasteiger partial charge in [0.05, 0.1) is 0 Å². The predicted molar refractivity (Wildman–Crippen MR) is 132 cm³/mol. The van der Waals surface area contributed by atoms with Crippen LogP contribution in [0.5, 0.6) is 0 Å². The van der Waals surface area contributed by atoms with Crippen molar-refractivity contribution in [1.29, 1.82) is 0 Å². The third-order valence-corrected chi connectivity index (χ3v) is 5.14. The first-order valence-corrected chi connectivity index (χ1v) is 10.2. The number of hydrogen-bond acceptors (Lipinski definition) is 4. The smallest absolute Gasteiger partial charge is 0.224 e. The summed E-state index contributed by atoms with van der Waals surface area (Å²) in [4.78, 5) is 25.2. The van der Waals surface area contributed by atoms with E-state index in [1.807, 2.05) is 29.2 Å². The average molecular weight is 540 g/mol. The Bertz CT molecular complexity index is 872. The molecule has 3 rings (SSSR count). The van der Waals surface area contributed by atoms with E-state index in [-0.39, 0.29) is 35.7 Å². The van der Waals surface area contributed by atoms with E-state index in [0.717, 1.165) is 24.5 Å². The number of carbonyl (C=O) groups is 1. The Labute approximate surface area is 200 Å². The number of anilines is 1. The lowest BCUT2D eigenvalue weighted by atomic mass is 10.1. The normalized spacial score (nSPS) is 14.1. The van der Waals surface area contributed by atoms with Crippen molar-refractivity contribution >= 4 is 41.7 Å². The standard InChI is InChI=1S/C22H29FN6O.HI/c1-17-15-18(6-7-19(17)23)16-27-22(24-2)26-10-8-21(30)29-13-11-28(12-14-29)20-5-3-4-9-25-20;/h3-7,9,15H,8,10-14,16H2,1-2H3,(H2,24,26,27);1H. The van der Waals surface area contributed by atoms with Gasteiger partial charge in [-0.3, -0.25) is 9.79 Å². The molecule has 1 aromatic heterocycles. The lowest BCUT2D eigenvalue weighted by Crippen LogP contribution is -2.49. The van der Waals surface area contributed by atoms with Crippen LogP contribution >= 0.6 is 24.0 Å². The number of guanidine groups is 1. The van der Waals surface area contributed by atoms with E-state index in [1.54, 1.807) is 26.2 Å². The minimum atomic E-state index is -0.208. The van der Waals surface area contributed by atoms with Crippen molar-refractivity contribution in [3.8, 4) is 0 Å². The van der Waals surface area contributed by atoms with Crippen LogP contribution in [0.2, 0.25) is 0 Å². The number of benzene rings is 1. The molecule has 1 aromatic carbocycles. The van der Waals surface area contributed by atoms with E-state index in [0.29, 0.717) is 44.1 Å². The van der Waals surface area contributed by atoms with Crippen LogP contribution in [-0.4, -0.2) is 61.5 Å². The molecule has 0 radical (unpaired) electrons. The second-order valence-electron chi connectivity index (χ2n) is 7.24. The molecule has 2 N–H and O–H groups in total. The van der Waals surface area contributed by atoms with Crippen molar-refractivity contribution in [1.82, 2.24) is 20.5 Å². The summed E-state index contributed by atoms with van der Waals surface area (Å²) >= 11 is 0. The highest BCUT2D eigenvalue weighted by atomic mass is 127. The van der Waals surface area contributed by atoms with Crippen molar-refractivity contribution in [2.45, 2.75) is 19.9 Å². The maximum Gasteiger partial charge on any atom is 0.224 e. The van der Waals surface area contributed by atoms with Crippen LogP contribution in [0.15, 0.2) is 47.6 Å². The van der Waals surface area contributed by atoms with Gasteiger partial charge in [0.15, 0.2) is 5.96 Å². The van der Waals surface area contributed by atoms with Crippen LogP contribution in [0.4, 0.5) is 10.2 Å². The molecule has 7 nitrogen and oxygen atoms in total. The van der Waals surface area contributed by atoms with Crippen LogP contribution in [0.25, 0.3) is 0 Å². The number of hydrogen-bond donors (Lipinski definition) is 2. The van der Waals surface area contributed by atoms with Crippen LogP contribution < -0.4 is 15.5 Å². The molecule has 31 heavy (non-hydrogen) atoms. The van der Waals surface area contributed by atoms with E-state index in [2.05, 4.69) is 25.5 Å². The number of nitrogens with zero attached hydrogens (tertiary/aromatic N) is 4. The van der Waals surface area contributed by atoms with Crippen LogP contribution in [0.1, 0.15) is 17.5 Å². The van der Waals surface area contributed by atoms with Gasteiger partial charge >= 0.3 is 0 Å². The molecule has 1 amide bonds. The number of pyridine rings is 1. The molecule has 2 aromatic rings. The predicted octanol–water partition coefficient (Wildman–Crippen LogP) is 2.55.